The van der Waals surface area contributed by atoms with Crippen LogP contribution in [0.3, 0.4) is 0 Å². The Morgan fingerprint density at radius 1 is 1.80 bits per heavy atom. The minimum absolute atomic E-state index is 0.183. The molecule has 0 aromatic rings. The Balaban J connectivity index is 2.39. The number of esters is 1. The minimum atomic E-state index is -0.524. The molecular weight excluding hydrogens is 132 g/mol. The third-order valence-electron chi connectivity index (χ3n) is 1.69. The lowest BCUT2D eigenvalue weighted by molar-refractivity contribution is -0.160. The van der Waals surface area contributed by atoms with Gasteiger partial charge >= 0.3 is 5.97 Å². The Morgan fingerprint density at radius 2 is 2.50 bits per heavy atom. The molecule has 0 aromatic heterocycles. The molecule has 2 atom stereocenters. The summed E-state index contributed by atoms with van der Waals surface area (Å²) in [6.07, 6.45) is 1.35. The molecule has 1 aliphatic rings. The lowest BCUT2D eigenvalue weighted by Crippen LogP contribution is -2.32. The molecule has 3 heteroatoms. The predicted octanol–water partition coefficient (Wildman–Crippen LogP) is 0.463. The highest BCUT2D eigenvalue weighted by Crippen LogP contribution is 2.16. The van der Waals surface area contributed by atoms with Gasteiger partial charge in [-0.1, -0.05) is 0 Å². The summed E-state index contributed by atoms with van der Waals surface area (Å²) in [6, 6.07) is 0. The topological polar surface area (TPSA) is 46.5 Å². The molecule has 1 N–H and O–H groups in total. The van der Waals surface area contributed by atoms with E-state index in [1.54, 1.807) is 6.92 Å². The molecule has 58 valence electrons. The second-order valence-corrected chi connectivity index (χ2v) is 2.66. The Kier molecular flexibility index (Phi) is 2.27. The summed E-state index contributed by atoms with van der Waals surface area (Å²) in [5.74, 6) is -0.183. The van der Waals surface area contributed by atoms with Gasteiger partial charge in [0, 0.05) is 6.42 Å². The van der Waals surface area contributed by atoms with Gasteiger partial charge in [0.15, 0.2) is 0 Å². The van der Waals surface area contributed by atoms with Crippen molar-refractivity contribution in [3.8, 4) is 0 Å². The zero-order valence-electron chi connectivity index (χ0n) is 6.04. The first-order valence-corrected chi connectivity index (χ1v) is 3.57. The van der Waals surface area contributed by atoms with E-state index >= 15 is 0 Å². The van der Waals surface area contributed by atoms with Crippen LogP contribution in [0.2, 0.25) is 0 Å². The van der Waals surface area contributed by atoms with Crippen molar-refractivity contribution >= 4 is 5.97 Å². The number of cyclic esters (lactones) is 1. The van der Waals surface area contributed by atoms with Gasteiger partial charge in [0.1, 0.15) is 6.10 Å². The monoisotopic (exact) mass is 144 g/mol. The second kappa shape index (κ2) is 3.01. The maximum absolute atomic E-state index is 10.6. The Bertz CT molecular complexity index is 131. The number of aliphatic hydroxyl groups excluding tert-OH is 1. The normalized spacial score (nSPS) is 29.4. The SMILES string of the molecule is C[C@H](O)[C@H]1CCCC(=O)O1. The van der Waals surface area contributed by atoms with Crippen LogP contribution in [0, 0.1) is 0 Å². The second-order valence-electron chi connectivity index (χ2n) is 2.66. The molecular formula is C7H12O3. The van der Waals surface area contributed by atoms with Gasteiger partial charge in [0.25, 0.3) is 0 Å². The van der Waals surface area contributed by atoms with Crippen LogP contribution in [0.25, 0.3) is 0 Å². The van der Waals surface area contributed by atoms with Crippen LogP contribution >= 0.6 is 0 Å². The van der Waals surface area contributed by atoms with E-state index in [1.807, 2.05) is 0 Å². The first kappa shape index (κ1) is 7.54. The molecule has 1 aliphatic heterocycles. The number of aliphatic hydroxyl groups is 1. The van der Waals surface area contributed by atoms with Crippen LogP contribution in [-0.4, -0.2) is 23.3 Å². The lowest BCUT2D eigenvalue weighted by Gasteiger charge is -2.24. The summed E-state index contributed by atoms with van der Waals surface area (Å²) in [5.41, 5.74) is 0. The molecule has 0 bridgehead atoms. The molecule has 0 radical (unpaired) electrons. The van der Waals surface area contributed by atoms with E-state index < -0.39 is 6.10 Å². The quantitative estimate of drug-likeness (QED) is 0.544. The van der Waals surface area contributed by atoms with Crippen LogP contribution in [0.5, 0.6) is 0 Å². The van der Waals surface area contributed by atoms with Gasteiger partial charge in [-0.05, 0) is 19.8 Å². The van der Waals surface area contributed by atoms with Crippen LogP contribution < -0.4 is 0 Å². The average molecular weight is 144 g/mol. The maximum atomic E-state index is 10.6. The lowest BCUT2D eigenvalue weighted by atomic mass is 10.1. The average Bonchev–Trinajstić information content (AvgIpc) is 1.88. The van der Waals surface area contributed by atoms with E-state index in [4.69, 9.17) is 9.84 Å². The zero-order chi connectivity index (χ0) is 7.56. The van der Waals surface area contributed by atoms with Gasteiger partial charge in [0.05, 0.1) is 6.10 Å². The number of hydrogen-bond donors (Lipinski definition) is 1. The molecule has 0 amide bonds. The van der Waals surface area contributed by atoms with E-state index in [-0.39, 0.29) is 12.1 Å². The molecule has 0 unspecified atom stereocenters. The van der Waals surface area contributed by atoms with Crippen molar-refractivity contribution in [2.75, 3.05) is 0 Å². The van der Waals surface area contributed by atoms with Gasteiger partial charge in [-0.15, -0.1) is 0 Å². The van der Waals surface area contributed by atoms with Gasteiger partial charge in [-0.3, -0.25) is 4.79 Å². The van der Waals surface area contributed by atoms with E-state index in [9.17, 15) is 4.79 Å². The van der Waals surface area contributed by atoms with Crippen molar-refractivity contribution in [2.45, 2.75) is 38.4 Å². The molecule has 1 heterocycles. The van der Waals surface area contributed by atoms with Crippen LogP contribution in [-0.2, 0) is 9.53 Å². The first-order valence-electron chi connectivity index (χ1n) is 3.57. The van der Waals surface area contributed by atoms with Crippen molar-refractivity contribution in [1.82, 2.24) is 0 Å². The van der Waals surface area contributed by atoms with Gasteiger partial charge in [-0.2, -0.15) is 0 Å². The van der Waals surface area contributed by atoms with Crippen LogP contribution in [0.1, 0.15) is 26.2 Å². The third kappa shape index (κ3) is 1.70. The summed E-state index contributed by atoms with van der Waals surface area (Å²) in [4.78, 5) is 10.6. The zero-order valence-corrected chi connectivity index (χ0v) is 6.04. The standard InChI is InChI=1S/C7H12O3/c1-5(8)6-3-2-4-7(9)10-6/h5-6,8H,2-4H2,1H3/t5-,6+/m0/s1. The van der Waals surface area contributed by atoms with E-state index in [2.05, 4.69) is 0 Å². The molecule has 1 saturated heterocycles. The summed E-state index contributed by atoms with van der Waals surface area (Å²) in [7, 11) is 0. The fourth-order valence-electron chi connectivity index (χ4n) is 1.07. The fraction of sp³-hybridized carbons (Fsp3) is 0.857. The number of hydrogen-bond acceptors (Lipinski definition) is 3. The molecule has 0 aromatic carbocycles. The van der Waals surface area contributed by atoms with Gasteiger partial charge < -0.3 is 9.84 Å². The highest BCUT2D eigenvalue weighted by molar-refractivity contribution is 5.70. The summed E-state index contributed by atoms with van der Waals surface area (Å²) < 4.78 is 4.86. The molecule has 3 nitrogen and oxygen atoms in total. The van der Waals surface area contributed by atoms with E-state index in [0.29, 0.717) is 6.42 Å². The van der Waals surface area contributed by atoms with Gasteiger partial charge in [0.2, 0.25) is 0 Å². The largest absolute Gasteiger partial charge is 0.460 e. The summed E-state index contributed by atoms with van der Waals surface area (Å²) >= 11 is 0. The highest BCUT2D eigenvalue weighted by Gasteiger charge is 2.23. The molecule has 0 spiro atoms. The molecule has 1 fully saturated rings. The van der Waals surface area contributed by atoms with Crippen molar-refractivity contribution in [1.29, 1.82) is 0 Å². The fourth-order valence-corrected chi connectivity index (χ4v) is 1.07. The summed E-state index contributed by atoms with van der Waals surface area (Å²) in [5, 5.41) is 9.02. The van der Waals surface area contributed by atoms with Gasteiger partial charge in [-0.25, -0.2) is 0 Å². The Labute approximate surface area is 60.0 Å². The van der Waals surface area contributed by atoms with E-state index in [0.717, 1.165) is 12.8 Å². The van der Waals surface area contributed by atoms with Crippen molar-refractivity contribution < 1.29 is 14.6 Å². The molecule has 0 saturated carbocycles. The molecule has 0 aliphatic carbocycles. The Hall–Kier alpha value is -0.570. The third-order valence-corrected chi connectivity index (χ3v) is 1.69. The number of ether oxygens (including phenoxy) is 1. The van der Waals surface area contributed by atoms with E-state index in [1.165, 1.54) is 0 Å². The number of rotatable bonds is 1. The predicted molar refractivity (Wildman–Crippen MR) is 35.4 cm³/mol. The van der Waals surface area contributed by atoms with Crippen molar-refractivity contribution in [2.24, 2.45) is 0 Å². The maximum Gasteiger partial charge on any atom is 0.306 e. The molecule has 10 heavy (non-hydrogen) atoms. The number of carbonyl (C=O) groups is 1. The van der Waals surface area contributed by atoms with Crippen LogP contribution in [0.4, 0.5) is 0 Å². The van der Waals surface area contributed by atoms with Crippen molar-refractivity contribution in [3.63, 3.8) is 0 Å². The number of carbonyl (C=O) groups excluding carboxylic acids is 1. The highest BCUT2D eigenvalue weighted by atomic mass is 16.6. The smallest absolute Gasteiger partial charge is 0.306 e. The first-order chi connectivity index (χ1) is 4.70. The summed E-state index contributed by atoms with van der Waals surface area (Å²) in [6.45, 7) is 1.64. The molecule has 1 rings (SSSR count). The Morgan fingerprint density at radius 3 is 2.90 bits per heavy atom. The van der Waals surface area contributed by atoms with Crippen LogP contribution in [0.15, 0.2) is 0 Å². The minimum Gasteiger partial charge on any atom is -0.460 e. The van der Waals surface area contributed by atoms with Crippen molar-refractivity contribution in [3.05, 3.63) is 0 Å².